The molecule has 0 unspecified atom stereocenters. The Kier molecular flexibility index (Phi) is 5.57. The Morgan fingerprint density at radius 3 is 2.96 bits per heavy atom. The predicted molar refractivity (Wildman–Crippen MR) is 105 cm³/mol. The number of carbonyl (C=O) groups is 2. The highest BCUT2D eigenvalue weighted by atomic mass is 16.5. The lowest BCUT2D eigenvalue weighted by atomic mass is 9.92. The Morgan fingerprint density at radius 1 is 1.32 bits per heavy atom. The number of hydrogen-bond donors (Lipinski definition) is 1. The van der Waals surface area contributed by atoms with Crippen LogP contribution in [0.2, 0.25) is 0 Å². The topological polar surface area (TPSA) is 73.2 Å². The van der Waals surface area contributed by atoms with Crippen LogP contribution in [0.4, 0.5) is 0 Å². The molecule has 0 saturated carbocycles. The normalized spacial score (nSPS) is 18.9. The molecule has 0 spiro atoms. The summed E-state index contributed by atoms with van der Waals surface area (Å²) < 4.78 is 8.06. The molecule has 2 aromatic heterocycles. The van der Waals surface area contributed by atoms with E-state index in [2.05, 4.69) is 14.9 Å². The van der Waals surface area contributed by atoms with Gasteiger partial charge in [0.05, 0.1) is 24.8 Å². The lowest BCUT2D eigenvalue weighted by Crippen LogP contribution is -2.26. The number of amides is 1. The van der Waals surface area contributed by atoms with E-state index in [1.165, 1.54) is 0 Å². The fourth-order valence-corrected chi connectivity index (χ4v) is 4.36. The second-order valence-corrected chi connectivity index (χ2v) is 7.68. The van der Waals surface area contributed by atoms with Crippen molar-refractivity contribution in [2.75, 3.05) is 6.61 Å². The Hall–Kier alpha value is -2.47. The first kappa shape index (κ1) is 18.9. The number of rotatable bonds is 6. The van der Waals surface area contributed by atoms with Gasteiger partial charge in [-0.15, -0.1) is 0 Å². The molecule has 1 fully saturated rings. The molecule has 0 radical (unpaired) electrons. The third-order valence-corrected chi connectivity index (χ3v) is 5.79. The van der Waals surface area contributed by atoms with Crippen molar-refractivity contribution in [2.45, 2.75) is 64.6 Å². The summed E-state index contributed by atoms with van der Waals surface area (Å²) in [5.74, 6) is 0.0900. The van der Waals surface area contributed by atoms with Gasteiger partial charge in [-0.05, 0) is 50.3 Å². The first-order valence-electron chi connectivity index (χ1n) is 10.2. The first-order chi connectivity index (χ1) is 13.6. The highest BCUT2D eigenvalue weighted by Crippen LogP contribution is 2.31. The number of Topliss-reactive ketones (excluding diaryl/α,β-unsaturated/α-hetero) is 1. The molecule has 1 N–H and O–H groups in total. The Labute approximate surface area is 165 Å². The third-order valence-electron chi connectivity index (χ3n) is 5.79. The van der Waals surface area contributed by atoms with Gasteiger partial charge in [0, 0.05) is 42.7 Å². The van der Waals surface area contributed by atoms with Crippen molar-refractivity contribution in [3.63, 3.8) is 0 Å². The van der Waals surface area contributed by atoms with Crippen LogP contribution in [0.25, 0.3) is 0 Å². The van der Waals surface area contributed by atoms with E-state index in [-0.39, 0.29) is 24.2 Å². The number of ketones is 1. The van der Waals surface area contributed by atoms with Gasteiger partial charge in [-0.2, -0.15) is 0 Å². The maximum absolute atomic E-state index is 12.7. The zero-order valence-electron chi connectivity index (χ0n) is 16.4. The number of aromatic nitrogens is 2. The summed E-state index contributed by atoms with van der Waals surface area (Å²) in [6, 6.07) is 5.64. The van der Waals surface area contributed by atoms with Crippen LogP contribution in [0.1, 0.15) is 58.7 Å². The number of pyridine rings is 1. The zero-order valence-corrected chi connectivity index (χ0v) is 16.4. The van der Waals surface area contributed by atoms with E-state index >= 15 is 0 Å². The molecular formula is C22H27N3O3. The lowest BCUT2D eigenvalue weighted by Gasteiger charge is -2.18. The number of fused-ring (bicyclic) bond motifs is 1. The van der Waals surface area contributed by atoms with Crippen molar-refractivity contribution < 1.29 is 14.3 Å². The molecule has 0 bridgehead atoms. The number of carbonyl (C=O) groups excluding carboxylic acids is 2. The van der Waals surface area contributed by atoms with E-state index in [1.807, 2.05) is 25.1 Å². The minimum Gasteiger partial charge on any atom is -0.376 e. The van der Waals surface area contributed by atoms with E-state index in [1.54, 1.807) is 6.20 Å². The van der Waals surface area contributed by atoms with Crippen LogP contribution in [-0.4, -0.2) is 34.0 Å². The smallest absolute Gasteiger partial charge is 0.224 e. The van der Waals surface area contributed by atoms with Crippen LogP contribution >= 0.6 is 0 Å². The van der Waals surface area contributed by atoms with Gasteiger partial charge in [-0.25, -0.2) is 0 Å². The largest absolute Gasteiger partial charge is 0.376 e. The molecule has 0 aromatic carbocycles. The molecule has 148 valence electrons. The molecule has 1 aliphatic carbocycles. The molecule has 4 rings (SSSR count). The monoisotopic (exact) mass is 381 g/mol. The van der Waals surface area contributed by atoms with Crippen molar-refractivity contribution in [3.05, 3.63) is 52.6 Å². The van der Waals surface area contributed by atoms with Gasteiger partial charge in [0.1, 0.15) is 0 Å². The molecule has 2 aliphatic rings. The molecule has 6 heteroatoms. The summed E-state index contributed by atoms with van der Waals surface area (Å²) in [7, 11) is 0. The Bertz CT molecular complexity index is 867. The minimum absolute atomic E-state index is 0.0795. The van der Waals surface area contributed by atoms with E-state index < -0.39 is 0 Å². The molecule has 1 atom stereocenters. The average molecular weight is 381 g/mol. The number of nitrogens with zero attached hydrogens (tertiary/aromatic N) is 2. The first-order valence-corrected chi connectivity index (χ1v) is 10.2. The standard InChI is InChI=1S/C22H27N3O3/c1-15-18(12-21(27)24-13-16-6-2-3-10-23-16)22-19(8-4-9-20(22)26)25(15)14-17-7-5-11-28-17/h2-3,6,10,17H,4-5,7-9,11-14H2,1H3,(H,24,27)/t17-/m1/s1. The summed E-state index contributed by atoms with van der Waals surface area (Å²) >= 11 is 0. The predicted octanol–water partition coefficient (Wildman–Crippen LogP) is 2.75. The summed E-state index contributed by atoms with van der Waals surface area (Å²) in [5, 5.41) is 2.93. The van der Waals surface area contributed by atoms with Crippen molar-refractivity contribution in [1.82, 2.24) is 14.9 Å². The summed E-state index contributed by atoms with van der Waals surface area (Å²) in [6.45, 7) is 4.01. The minimum atomic E-state index is -0.0795. The van der Waals surface area contributed by atoms with Crippen molar-refractivity contribution in [2.24, 2.45) is 0 Å². The van der Waals surface area contributed by atoms with Crippen LogP contribution in [0.15, 0.2) is 24.4 Å². The Morgan fingerprint density at radius 2 is 2.21 bits per heavy atom. The molecule has 2 aromatic rings. The zero-order chi connectivity index (χ0) is 19.5. The Balaban J connectivity index is 1.54. The van der Waals surface area contributed by atoms with Gasteiger partial charge in [-0.3, -0.25) is 14.6 Å². The van der Waals surface area contributed by atoms with E-state index in [0.717, 1.165) is 67.0 Å². The van der Waals surface area contributed by atoms with Gasteiger partial charge < -0.3 is 14.6 Å². The highest BCUT2D eigenvalue weighted by molar-refractivity contribution is 6.01. The number of hydrogen-bond acceptors (Lipinski definition) is 4. The maximum atomic E-state index is 12.7. The quantitative estimate of drug-likeness (QED) is 0.835. The lowest BCUT2D eigenvalue weighted by molar-refractivity contribution is -0.120. The molecule has 3 heterocycles. The summed E-state index contributed by atoms with van der Waals surface area (Å²) in [6.07, 6.45) is 6.64. The van der Waals surface area contributed by atoms with Crippen LogP contribution in [0.3, 0.4) is 0 Å². The molecule has 6 nitrogen and oxygen atoms in total. The fourth-order valence-electron chi connectivity index (χ4n) is 4.36. The van der Waals surface area contributed by atoms with Crippen LogP contribution in [0.5, 0.6) is 0 Å². The van der Waals surface area contributed by atoms with Crippen molar-refractivity contribution in [1.29, 1.82) is 0 Å². The third kappa shape index (κ3) is 3.87. The van der Waals surface area contributed by atoms with Gasteiger partial charge in [0.15, 0.2) is 5.78 Å². The van der Waals surface area contributed by atoms with Crippen LogP contribution in [0, 0.1) is 6.92 Å². The molecule has 28 heavy (non-hydrogen) atoms. The molecular weight excluding hydrogens is 354 g/mol. The molecule has 1 saturated heterocycles. The van der Waals surface area contributed by atoms with Gasteiger partial charge in [0.2, 0.25) is 5.91 Å². The van der Waals surface area contributed by atoms with E-state index in [4.69, 9.17) is 4.74 Å². The van der Waals surface area contributed by atoms with Crippen molar-refractivity contribution in [3.8, 4) is 0 Å². The molecule has 1 amide bonds. The average Bonchev–Trinajstić information content (AvgIpc) is 3.31. The number of nitrogens with one attached hydrogen (secondary N) is 1. The van der Waals surface area contributed by atoms with Crippen LogP contribution in [-0.2, 0) is 35.5 Å². The number of ether oxygens (including phenoxy) is 1. The summed E-state index contributed by atoms with van der Waals surface area (Å²) in [5.41, 5.74) is 4.62. The summed E-state index contributed by atoms with van der Waals surface area (Å²) in [4.78, 5) is 29.5. The maximum Gasteiger partial charge on any atom is 0.224 e. The second kappa shape index (κ2) is 8.27. The van der Waals surface area contributed by atoms with Crippen molar-refractivity contribution >= 4 is 11.7 Å². The van der Waals surface area contributed by atoms with Crippen LogP contribution < -0.4 is 5.32 Å². The van der Waals surface area contributed by atoms with Gasteiger partial charge in [0.25, 0.3) is 0 Å². The SMILES string of the molecule is Cc1c(CC(=O)NCc2ccccn2)c2c(n1C[C@H]1CCCO1)CCCC2=O. The van der Waals surface area contributed by atoms with Gasteiger partial charge >= 0.3 is 0 Å². The second-order valence-electron chi connectivity index (χ2n) is 7.68. The van der Waals surface area contributed by atoms with E-state index in [9.17, 15) is 9.59 Å². The van der Waals surface area contributed by atoms with Gasteiger partial charge in [-0.1, -0.05) is 6.07 Å². The highest BCUT2D eigenvalue weighted by Gasteiger charge is 2.30. The fraction of sp³-hybridized carbons (Fsp3) is 0.500. The van der Waals surface area contributed by atoms with E-state index in [0.29, 0.717) is 13.0 Å². The molecule has 1 aliphatic heterocycles.